The van der Waals surface area contributed by atoms with Crippen LogP contribution in [0, 0.1) is 11.3 Å². The van der Waals surface area contributed by atoms with Gasteiger partial charge in [-0.3, -0.25) is 9.89 Å². The van der Waals surface area contributed by atoms with Crippen LogP contribution in [0.4, 0.5) is 11.4 Å². The van der Waals surface area contributed by atoms with Gasteiger partial charge in [-0.05, 0) is 31.0 Å². The maximum absolute atomic E-state index is 12.2. The molecule has 106 valence electrons. The molecular formula is C14H12ClN5O. The number of nitrogens with one attached hydrogen (secondary N) is 2. The van der Waals surface area contributed by atoms with Crippen molar-refractivity contribution in [3.8, 4) is 6.07 Å². The van der Waals surface area contributed by atoms with E-state index in [1.54, 1.807) is 12.1 Å². The average Bonchev–Trinajstić information content (AvgIpc) is 3.24. The van der Waals surface area contributed by atoms with E-state index in [9.17, 15) is 4.79 Å². The minimum absolute atomic E-state index is 0.148. The van der Waals surface area contributed by atoms with Gasteiger partial charge >= 0.3 is 0 Å². The molecule has 7 heteroatoms. The number of aromatic nitrogens is 2. The summed E-state index contributed by atoms with van der Waals surface area (Å²) in [5.74, 6) is -0.0720. The third-order valence-electron chi connectivity index (χ3n) is 3.38. The molecule has 21 heavy (non-hydrogen) atoms. The first kappa shape index (κ1) is 13.5. The highest BCUT2D eigenvalue weighted by molar-refractivity contribution is 6.34. The number of aromatic amines is 1. The molecule has 6 nitrogen and oxygen atoms in total. The molecule has 1 aromatic carbocycles. The Kier molecular flexibility index (Phi) is 3.28. The van der Waals surface area contributed by atoms with E-state index in [1.165, 1.54) is 6.07 Å². The summed E-state index contributed by atoms with van der Waals surface area (Å²) in [6, 6.07) is 6.62. The van der Waals surface area contributed by atoms with E-state index in [0.29, 0.717) is 27.9 Å². The molecule has 1 fully saturated rings. The first-order valence-corrected chi connectivity index (χ1v) is 6.82. The number of carbonyl (C=O) groups excluding carboxylic acids is 1. The van der Waals surface area contributed by atoms with E-state index >= 15 is 0 Å². The van der Waals surface area contributed by atoms with Gasteiger partial charge in [0.05, 0.1) is 33.7 Å². The van der Waals surface area contributed by atoms with Gasteiger partial charge in [0.25, 0.3) is 5.91 Å². The Morgan fingerprint density at radius 1 is 1.52 bits per heavy atom. The molecule has 0 atom stereocenters. The van der Waals surface area contributed by atoms with Gasteiger partial charge in [-0.15, -0.1) is 0 Å². The molecule has 0 bridgehead atoms. The number of nitrogen functional groups attached to an aromatic ring is 1. The number of nitriles is 1. The molecule has 0 radical (unpaired) electrons. The van der Waals surface area contributed by atoms with Crippen molar-refractivity contribution in [2.45, 2.75) is 18.8 Å². The van der Waals surface area contributed by atoms with E-state index < -0.39 is 5.91 Å². The van der Waals surface area contributed by atoms with Crippen LogP contribution in [0.5, 0.6) is 0 Å². The molecule has 2 aromatic rings. The molecule has 1 heterocycles. The molecule has 1 amide bonds. The Bertz CT molecular complexity index is 757. The fraction of sp³-hybridized carbons (Fsp3) is 0.214. The van der Waals surface area contributed by atoms with Gasteiger partial charge < -0.3 is 11.1 Å². The molecule has 0 aliphatic heterocycles. The summed E-state index contributed by atoms with van der Waals surface area (Å²) in [6.07, 6.45) is 2.12. The predicted molar refractivity (Wildman–Crippen MR) is 79.1 cm³/mol. The Balaban J connectivity index is 1.85. The third-order valence-corrected chi connectivity index (χ3v) is 3.71. The summed E-state index contributed by atoms with van der Waals surface area (Å²) in [6.45, 7) is 0. The number of halogens is 1. The maximum atomic E-state index is 12.2. The van der Waals surface area contributed by atoms with Crippen LogP contribution in [0.3, 0.4) is 0 Å². The summed E-state index contributed by atoms with van der Waals surface area (Å²) in [5.41, 5.74) is 8.06. The van der Waals surface area contributed by atoms with Crippen molar-refractivity contribution in [3.05, 3.63) is 40.2 Å². The Morgan fingerprint density at radius 2 is 2.29 bits per heavy atom. The lowest BCUT2D eigenvalue weighted by molar-refractivity contribution is 0.102. The number of hydrogen-bond acceptors (Lipinski definition) is 4. The number of amides is 1. The summed E-state index contributed by atoms with van der Waals surface area (Å²) in [4.78, 5) is 12.2. The predicted octanol–water partition coefficient (Wildman–Crippen LogP) is 2.65. The second-order valence-corrected chi connectivity index (χ2v) is 5.34. The number of H-pyrrole nitrogens is 1. The van der Waals surface area contributed by atoms with Crippen molar-refractivity contribution in [2.24, 2.45) is 0 Å². The van der Waals surface area contributed by atoms with Crippen molar-refractivity contribution < 1.29 is 4.79 Å². The normalized spacial score (nSPS) is 13.7. The van der Waals surface area contributed by atoms with Crippen LogP contribution in [0.15, 0.2) is 18.2 Å². The second kappa shape index (κ2) is 5.11. The van der Waals surface area contributed by atoms with Crippen molar-refractivity contribution >= 4 is 28.9 Å². The fourth-order valence-electron chi connectivity index (χ4n) is 2.09. The Morgan fingerprint density at radius 3 is 2.95 bits per heavy atom. The van der Waals surface area contributed by atoms with Crippen molar-refractivity contribution in [3.63, 3.8) is 0 Å². The van der Waals surface area contributed by atoms with Gasteiger partial charge in [0.2, 0.25) is 0 Å². The number of nitrogens with two attached hydrogens (primary N) is 1. The van der Waals surface area contributed by atoms with Crippen molar-refractivity contribution in [1.29, 1.82) is 5.26 Å². The van der Waals surface area contributed by atoms with Crippen LogP contribution in [-0.2, 0) is 0 Å². The van der Waals surface area contributed by atoms with Crippen LogP contribution >= 0.6 is 11.6 Å². The van der Waals surface area contributed by atoms with Crippen LogP contribution in [-0.4, -0.2) is 16.1 Å². The first-order chi connectivity index (χ1) is 10.1. The van der Waals surface area contributed by atoms with Gasteiger partial charge in [-0.1, -0.05) is 11.6 Å². The van der Waals surface area contributed by atoms with E-state index in [-0.39, 0.29) is 5.69 Å². The Hall–Kier alpha value is -2.52. The smallest absolute Gasteiger partial charge is 0.278 e. The number of nitrogens with zero attached hydrogens (tertiary/aromatic N) is 2. The second-order valence-electron chi connectivity index (χ2n) is 4.93. The van der Waals surface area contributed by atoms with Crippen LogP contribution in [0.1, 0.15) is 40.5 Å². The first-order valence-electron chi connectivity index (χ1n) is 6.45. The van der Waals surface area contributed by atoms with E-state index in [0.717, 1.165) is 18.5 Å². The topological polar surface area (TPSA) is 108 Å². The summed E-state index contributed by atoms with van der Waals surface area (Å²) in [5, 5.41) is 18.6. The lowest BCUT2D eigenvalue weighted by Gasteiger charge is -2.06. The molecule has 1 aliphatic rings. The van der Waals surface area contributed by atoms with Crippen LogP contribution in [0.25, 0.3) is 0 Å². The number of hydrogen-bond donors (Lipinski definition) is 3. The molecule has 1 aromatic heterocycles. The minimum Gasteiger partial charge on any atom is -0.395 e. The molecule has 0 saturated heterocycles. The molecule has 0 spiro atoms. The third kappa shape index (κ3) is 2.56. The summed E-state index contributed by atoms with van der Waals surface area (Å²) >= 11 is 6.01. The highest BCUT2D eigenvalue weighted by atomic mass is 35.5. The van der Waals surface area contributed by atoms with Crippen LogP contribution in [0.2, 0.25) is 5.02 Å². The number of carbonyl (C=O) groups is 1. The van der Waals surface area contributed by atoms with Gasteiger partial charge in [0, 0.05) is 5.92 Å². The van der Waals surface area contributed by atoms with Crippen molar-refractivity contribution in [2.75, 3.05) is 11.1 Å². The zero-order valence-corrected chi connectivity index (χ0v) is 11.7. The monoisotopic (exact) mass is 301 g/mol. The van der Waals surface area contributed by atoms with Gasteiger partial charge in [-0.2, -0.15) is 10.4 Å². The van der Waals surface area contributed by atoms with Crippen molar-refractivity contribution in [1.82, 2.24) is 10.2 Å². The summed E-state index contributed by atoms with van der Waals surface area (Å²) in [7, 11) is 0. The SMILES string of the molecule is N#Cc1ccc(Cl)c(NC(=O)c2n[nH]c(C3CC3)c2N)c1. The van der Waals surface area contributed by atoms with Gasteiger partial charge in [0.15, 0.2) is 5.69 Å². The highest BCUT2D eigenvalue weighted by Crippen LogP contribution is 2.42. The van der Waals surface area contributed by atoms with E-state index in [1.807, 2.05) is 6.07 Å². The lowest BCUT2D eigenvalue weighted by Crippen LogP contribution is -2.14. The lowest BCUT2D eigenvalue weighted by atomic mass is 10.2. The number of rotatable bonds is 3. The largest absolute Gasteiger partial charge is 0.395 e. The van der Waals surface area contributed by atoms with E-state index in [4.69, 9.17) is 22.6 Å². The molecule has 0 unspecified atom stereocenters. The Labute approximate surface area is 125 Å². The molecule has 3 rings (SSSR count). The summed E-state index contributed by atoms with van der Waals surface area (Å²) < 4.78 is 0. The highest BCUT2D eigenvalue weighted by Gasteiger charge is 2.30. The molecule has 1 saturated carbocycles. The van der Waals surface area contributed by atoms with Gasteiger partial charge in [0.1, 0.15) is 0 Å². The molecule has 4 N–H and O–H groups in total. The number of anilines is 2. The van der Waals surface area contributed by atoms with Crippen LogP contribution < -0.4 is 11.1 Å². The zero-order valence-electron chi connectivity index (χ0n) is 11.0. The molecule has 1 aliphatic carbocycles. The standard InChI is InChI=1S/C14H12ClN5O/c15-9-4-1-7(6-16)5-10(9)18-14(21)13-11(17)12(19-20-13)8-2-3-8/h1,4-5,8H,2-3,17H2,(H,18,21)(H,19,20). The average molecular weight is 302 g/mol. The minimum atomic E-state index is -0.451. The quantitative estimate of drug-likeness (QED) is 0.809. The van der Waals surface area contributed by atoms with E-state index in [2.05, 4.69) is 15.5 Å². The zero-order chi connectivity index (χ0) is 15.0. The molecular weight excluding hydrogens is 290 g/mol. The fourth-order valence-corrected chi connectivity index (χ4v) is 2.26. The number of benzene rings is 1. The van der Waals surface area contributed by atoms with Gasteiger partial charge in [-0.25, -0.2) is 0 Å². The maximum Gasteiger partial charge on any atom is 0.278 e.